The molecule has 0 bridgehead atoms. The maximum absolute atomic E-state index is 5.79. The van der Waals surface area contributed by atoms with Crippen LogP contribution in [0.15, 0.2) is 59.5 Å². The molecule has 2 aromatic carbocycles. The van der Waals surface area contributed by atoms with E-state index in [0.29, 0.717) is 6.61 Å². The lowest BCUT2D eigenvalue weighted by Gasteiger charge is -2.09. The Labute approximate surface area is 100 Å². The molecule has 0 N–H and O–H groups in total. The van der Waals surface area contributed by atoms with Gasteiger partial charge in [-0.3, -0.25) is 0 Å². The average molecular weight is 230 g/mol. The zero-order valence-electron chi connectivity index (χ0n) is 9.22. The van der Waals surface area contributed by atoms with Crippen molar-refractivity contribution in [2.45, 2.75) is 11.5 Å². The predicted octanol–water partition coefficient (Wildman–Crippen LogP) is 3.99. The molecule has 0 aromatic heterocycles. The van der Waals surface area contributed by atoms with Gasteiger partial charge >= 0.3 is 0 Å². The smallest absolute Gasteiger partial charge is 0.133 e. The summed E-state index contributed by atoms with van der Waals surface area (Å²) in [5.74, 6) is 0.957. The van der Waals surface area contributed by atoms with Crippen molar-refractivity contribution in [1.82, 2.24) is 0 Å². The number of para-hydroxylation sites is 1. The summed E-state index contributed by atoms with van der Waals surface area (Å²) in [6.45, 7) is 0.623. The van der Waals surface area contributed by atoms with E-state index >= 15 is 0 Å². The molecular formula is C14H14OS. The minimum absolute atomic E-state index is 0.623. The van der Waals surface area contributed by atoms with Crippen molar-refractivity contribution in [1.29, 1.82) is 0 Å². The largest absolute Gasteiger partial charge is 0.488 e. The van der Waals surface area contributed by atoms with Crippen LogP contribution in [0.3, 0.4) is 0 Å². The Hall–Kier alpha value is -1.41. The Kier molecular flexibility index (Phi) is 3.89. The molecule has 0 unspecified atom stereocenters. The Morgan fingerprint density at radius 2 is 1.62 bits per heavy atom. The highest BCUT2D eigenvalue weighted by molar-refractivity contribution is 7.98. The molecule has 82 valence electrons. The fourth-order valence-electron chi connectivity index (χ4n) is 1.47. The predicted molar refractivity (Wildman–Crippen MR) is 69.0 cm³/mol. The standard InChI is InChI=1S/C14H14OS/c1-16-14-10-6-5-9-13(14)15-11-12-7-3-2-4-8-12/h2-10H,11H2,1H3. The van der Waals surface area contributed by atoms with Crippen molar-refractivity contribution >= 4 is 11.8 Å². The molecule has 0 saturated carbocycles. The van der Waals surface area contributed by atoms with E-state index in [4.69, 9.17) is 4.74 Å². The van der Waals surface area contributed by atoms with Crippen LogP contribution in [0.5, 0.6) is 5.75 Å². The second kappa shape index (κ2) is 5.61. The first kappa shape index (κ1) is 11.1. The molecule has 0 radical (unpaired) electrons. The molecule has 0 atom stereocenters. The number of hydrogen-bond donors (Lipinski definition) is 0. The zero-order valence-corrected chi connectivity index (χ0v) is 10.0. The Bertz CT molecular complexity index is 439. The van der Waals surface area contributed by atoms with Gasteiger partial charge in [0.25, 0.3) is 0 Å². The maximum atomic E-state index is 5.79. The topological polar surface area (TPSA) is 9.23 Å². The molecule has 0 aliphatic heterocycles. The summed E-state index contributed by atoms with van der Waals surface area (Å²) in [5, 5.41) is 0. The molecule has 2 aromatic rings. The van der Waals surface area contributed by atoms with Gasteiger partial charge in [-0.1, -0.05) is 42.5 Å². The van der Waals surface area contributed by atoms with Gasteiger partial charge < -0.3 is 4.74 Å². The summed E-state index contributed by atoms with van der Waals surface area (Å²) in [6.07, 6.45) is 2.06. The van der Waals surface area contributed by atoms with Crippen molar-refractivity contribution in [3.63, 3.8) is 0 Å². The second-order valence-corrected chi connectivity index (χ2v) is 4.27. The highest BCUT2D eigenvalue weighted by atomic mass is 32.2. The van der Waals surface area contributed by atoms with Crippen LogP contribution in [0.2, 0.25) is 0 Å². The van der Waals surface area contributed by atoms with Crippen LogP contribution >= 0.6 is 11.8 Å². The van der Waals surface area contributed by atoms with Gasteiger partial charge in [-0.2, -0.15) is 0 Å². The summed E-state index contributed by atoms with van der Waals surface area (Å²) in [6, 6.07) is 18.3. The number of rotatable bonds is 4. The van der Waals surface area contributed by atoms with Crippen molar-refractivity contribution in [2.75, 3.05) is 6.26 Å². The van der Waals surface area contributed by atoms with Gasteiger partial charge in [-0.15, -0.1) is 11.8 Å². The lowest BCUT2D eigenvalue weighted by atomic mass is 10.2. The monoisotopic (exact) mass is 230 g/mol. The summed E-state index contributed by atoms with van der Waals surface area (Å²) >= 11 is 1.71. The third kappa shape index (κ3) is 2.80. The Morgan fingerprint density at radius 1 is 0.938 bits per heavy atom. The Morgan fingerprint density at radius 3 is 2.38 bits per heavy atom. The normalized spacial score (nSPS) is 10.1. The van der Waals surface area contributed by atoms with Crippen LogP contribution in [-0.4, -0.2) is 6.26 Å². The molecule has 0 spiro atoms. The van der Waals surface area contributed by atoms with Crippen molar-refractivity contribution in [2.24, 2.45) is 0 Å². The summed E-state index contributed by atoms with van der Waals surface area (Å²) in [4.78, 5) is 1.18. The molecule has 2 heteroatoms. The second-order valence-electron chi connectivity index (χ2n) is 3.43. The number of hydrogen-bond acceptors (Lipinski definition) is 2. The van der Waals surface area contributed by atoms with Crippen LogP contribution in [0, 0.1) is 0 Å². The van der Waals surface area contributed by atoms with Crippen LogP contribution in [-0.2, 0) is 6.61 Å². The first-order valence-corrected chi connectivity index (χ1v) is 6.42. The van der Waals surface area contributed by atoms with E-state index in [9.17, 15) is 0 Å². The van der Waals surface area contributed by atoms with Gasteiger partial charge in [0.1, 0.15) is 12.4 Å². The van der Waals surface area contributed by atoms with Crippen molar-refractivity contribution < 1.29 is 4.74 Å². The molecule has 2 rings (SSSR count). The quantitative estimate of drug-likeness (QED) is 0.734. The third-order valence-corrected chi connectivity index (χ3v) is 3.08. The van der Waals surface area contributed by atoms with E-state index in [1.54, 1.807) is 11.8 Å². The molecule has 0 heterocycles. The van der Waals surface area contributed by atoms with Gasteiger partial charge in [-0.05, 0) is 24.0 Å². The van der Waals surface area contributed by atoms with Crippen molar-refractivity contribution in [3.05, 3.63) is 60.2 Å². The van der Waals surface area contributed by atoms with Crippen LogP contribution in [0.25, 0.3) is 0 Å². The van der Waals surface area contributed by atoms with Crippen molar-refractivity contribution in [3.8, 4) is 5.75 Å². The Balaban J connectivity index is 2.05. The van der Waals surface area contributed by atoms with Gasteiger partial charge in [-0.25, -0.2) is 0 Å². The van der Waals surface area contributed by atoms with E-state index in [1.165, 1.54) is 10.5 Å². The SMILES string of the molecule is CSc1ccccc1OCc1ccccc1. The fourth-order valence-corrected chi connectivity index (χ4v) is 2.02. The summed E-state index contributed by atoms with van der Waals surface area (Å²) < 4.78 is 5.79. The molecule has 0 fully saturated rings. The minimum atomic E-state index is 0.623. The number of thioether (sulfide) groups is 1. The molecule has 16 heavy (non-hydrogen) atoms. The molecule has 0 aliphatic carbocycles. The maximum Gasteiger partial charge on any atom is 0.133 e. The highest BCUT2D eigenvalue weighted by Crippen LogP contribution is 2.27. The van der Waals surface area contributed by atoms with E-state index in [-0.39, 0.29) is 0 Å². The highest BCUT2D eigenvalue weighted by Gasteiger charge is 2.01. The summed E-state index contributed by atoms with van der Waals surface area (Å²) in [5.41, 5.74) is 1.19. The van der Waals surface area contributed by atoms with E-state index in [0.717, 1.165) is 5.75 Å². The van der Waals surface area contributed by atoms with Crippen LogP contribution in [0.4, 0.5) is 0 Å². The number of ether oxygens (including phenoxy) is 1. The summed E-state index contributed by atoms with van der Waals surface area (Å²) in [7, 11) is 0. The molecular weight excluding hydrogens is 216 g/mol. The average Bonchev–Trinajstić information content (AvgIpc) is 2.38. The van der Waals surface area contributed by atoms with Gasteiger partial charge in [0.15, 0.2) is 0 Å². The number of benzene rings is 2. The fraction of sp³-hybridized carbons (Fsp3) is 0.143. The first-order valence-electron chi connectivity index (χ1n) is 5.20. The molecule has 0 amide bonds. The van der Waals surface area contributed by atoms with Crippen LogP contribution < -0.4 is 4.74 Å². The first-order chi connectivity index (χ1) is 7.90. The minimum Gasteiger partial charge on any atom is -0.488 e. The molecule has 0 saturated heterocycles. The van der Waals surface area contributed by atoms with Crippen LogP contribution in [0.1, 0.15) is 5.56 Å². The third-order valence-electron chi connectivity index (χ3n) is 2.31. The van der Waals surface area contributed by atoms with E-state index in [1.807, 2.05) is 36.4 Å². The van der Waals surface area contributed by atoms with E-state index < -0.39 is 0 Å². The lowest BCUT2D eigenvalue weighted by molar-refractivity contribution is 0.299. The molecule has 1 nitrogen and oxygen atoms in total. The zero-order chi connectivity index (χ0) is 11.2. The van der Waals surface area contributed by atoms with E-state index in [2.05, 4.69) is 24.5 Å². The lowest BCUT2D eigenvalue weighted by Crippen LogP contribution is -1.95. The van der Waals surface area contributed by atoms with Gasteiger partial charge in [0.2, 0.25) is 0 Å². The molecule has 0 aliphatic rings. The van der Waals surface area contributed by atoms with Gasteiger partial charge in [0, 0.05) is 4.90 Å². The van der Waals surface area contributed by atoms with Gasteiger partial charge in [0.05, 0.1) is 0 Å².